The van der Waals surface area contributed by atoms with Crippen molar-refractivity contribution in [1.29, 1.82) is 0 Å². The van der Waals surface area contributed by atoms with Gasteiger partial charge in [-0.25, -0.2) is 4.90 Å². The highest BCUT2D eigenvalue weighted by Gasteiger charge is 2.36. The third-order valence-electron chi connectivity index (χ3n) is 5.26. The largest absolute Gasteiger partial charge is 0.374 e. The maximum absolute atomic E-state index is 13.3. The van der Waals surface area contributed by atoms with E-state index in [2.05, 4.69) is 16.7 Å². The molecule has 0 atom stereocenters. The highest BCUT2D eigenvalue weighted by Crippen LogP contribution is 2.32. The molecule has 2 aromatic carbocycles. The molecule has 1 fully saturated rings. The number of amides is 2. The number of piperazine rings is 1. The second kappa shape index (κ2) is 7.37. The summed E-state index contributed by atoms with van der Waals surface area (Å²) in [6, 6.07) is 16.5. The Labute approximate surface area is 159 Å². The molecule has 2 amide bonds. The molecule has 0 N–H and O–H groups in total. The number of carbonyl (C=O) groups excluding carboxylic acids is 2. The molecule has 2 aliphatic heterocycles. The van der Waals surface area contributed by atoms with Gasteiger partial charge < -0.3 is 9.80 Å². The molecule has 0 aliphatic carbocycles. The van der Waals surface area contributed by atoms with Gasteiger partial charge in [0.1, 0.15) is 0 Å². The van der Waals surface area contributed by atoms with Gasteiger partial charge in [0, 0.05) is 43.5 Å². The first-order valence-electron chi connectivity index (χ1n) is 9.40. The first-order valence-corrected chi connectivity index (χ1v) is 9.40. The number of nitrogens with zero attached hydrogens (tertiary/aromatic N) is 3. The number of likely N-dealkylation sites (N-methyl/N-ethyl adjacent to an activating group) is 1. The average molecular weight is 361 g/mol. The molecular weight excluding hydrogens is 338 g/mol. The molecule has 0 bridgehead atoms. The molecule has 0 radical (unpaired) electrons. The standard InChI is InChI=1S/C22H23N3O2/c1-2-23-12-14-24(15-13-23)16-20-18-10-6-7-11-19(18)21(26)25(22(20)27)17-8-4-3-5-9-17/h3-11,16H,2,12-15H2,1H3. The fourth-order valence-electron chi connectivity index (χ4n) is 3.68. The summed E-state index contributed by atoms with van der Waals surface area (Å²) in [5, 5.41) is 0. The molecular formula is C22H23N3O2. The van der Waals surface area contributed by atoms with Crippen LogP contribution in [0.1, 0.15) is 22.8 Å². The Balaban J connectivity index is 1.74. The third kappa shape index (κ3) is 3.26. The van der Waals surface area contributed by atoms with Crippen molar-refractivity contribution in [3.05, 3.63) is 71.9 Å². The number of fused-ring (bicyclic) bond motifs is 1. The van der Waals surface area contributed by atoms with Crippen LogP contribution in [0.2, 0.25) is 0 Å². The SMILES string of the molecule is CCN1CCN(C=C2C(=O)N(c3ccccc3)C(=O)c3ccccc32)CC1. The molecule has 5 nitrogen and oxygen atoms in total. The van der Waals surface area contributed by atoms with Crippen LogP contribution in [0.15, 0.2) is 60.8 Å². The fraction of sp³-hybridized carbons (Fsp3) is 0.273. The molecule has 0 unspecified atom stereocenters. The Morgan fingerprint density at radius 3 is 2.11 bits per heavy atom. The summed E-state index contributed by atoms with van der Waals surface area (Å²) in [6.07, 6.45) is 1.94. The summed E-state index contributed by atoms with van der Waals surface area (Å²) >= 11 is 0. The summed E-state index contributed by atoms with van der Waals surface area (Å²) in [7, 11) is 0. The minimum absolute atomic E-state index is 0.261. The van der Waals surface area contributed by atoms with Gasteiger partial charge in [-0.15, -0.1) is 0 Å². The van der Waals surface area contributed by atoms with E-state index in [0.717, 1.165) is 38.3 Å². The predicted octanol–water partition coefficient (Wildman–Crippen LogP) is 2.85. The van der Waals surface area contributed by atoms with Crippen LogP contribution >= 0.6 is 0 Å². The third-order valence-corrected chi connectivity index (χ3v) is 5.26. The van der Waals surface area contributed by atoms with Crippen molar-refractivity contribution >= 4 is 23.1 Å². The average Bonchev–Trinajstić information content (AvgIpc) is 2.72. The van der Waals surface area contributed by atoms with E-state index in [1.807, 2.05) is 42.6 Å². The molecule has 0 aromatic heterocycles. The zero-order valence-electron chi connectivity index (χ0n) is 15.5. The Morgan fingerprint density at radius 2 is 1.44 bits per heavy atom. The van der Waals surface area contributed by atoms with Gasteiger partial charge in [-0.1, -0.05) is 43.3 Å². The minimum atomic E-state index is -0.269. The van der Waals surface area contributed by atoms with E-state index in [4.69, 9.17) is 0 Å². The molecule has 0 spiro atoms. The lowest BCUT2D eigenvalue weighted by Gasteiger charge is -2.35. The van der Waals surface area contributed by atoms with Crippen molar-refractivity contribution in [2.45, 2.75) is 6.92 Å². The van der Waals surface area contributed by atoms with Crippen LogP contribution in [0.25, 0.3) is 5.57 Å². The lowest BCUT2D eigenvalue weighted by Crippen LogP contribution is -2.45. The van der Waals surface area contributed by atoms with Gasteiger partial charge in [-0.2, -0.15) is 0 Å². The summed E-state index contributed by atoms with van der Waals surface area (Å²) in [5.74, 6) is -0.530. The van der Waals surface area contributed by atoms with E-state index in [-0.39, 0.29) is 11.8 Å². The molecule has 138 valence electrons. The zero-order chi connectivity index (χ0) is 18.8. The second-order valence-corrected chi connectivity index (χ2v) is 6.84. The first-order chi connectivity index (χ1) is 13.2. The van der Waals surface area contributed by atoms with Crippen molar-refractivity contribution in [3.8, 4) is 0 Å². The summed E-state index contributed by atoms with van der Waals surface area (Å²) in [6.45, 7) is 6.94. The number of imide groups is 1. The van der Waals surface area contributed by atoms with E-state index < -0.39 is 0 Å². The van der Waals surface area contributed by atoms with E-state index >= 15 is 0 Å². The van der Waals surface area contributed by atoms with E-state index in [1.54, 1.807) is 18.2 Å². The normalized spacial score (nSPS) is 19.5. The minimum Gasteiger partial charge on any atom is -0.374 e. The van der Waals surface area contributed by atoms with Gasteiger partial charge >= 0.3 is 0 Å². The Morgan fingerprint density at radius 1 is 0.815 bits per heavy atom. The van der Waals surface area contributed by atoms with Crippen LogP contribution in [0, 0.1) is 0 Å². The first kappa shape index (κ1) is 17.5. The van der Waals surface area contributed by atoms with Crippen LogP contribution < -0.4 is 4.90 Å². The quantitative estimate of drug-likeness (QED) is 0.623. The monoisotopic (exact) mass is 361 g/mol. The molecule has 27 heavy (non-hydrogen) atoms. The molecule has 0 saturated carbocycles. The molecule has 4 rings (SSSR count). The van der Waals surface area contributed by atoms with Gasteiger partial charge in [0.2, 0.25) is 0 Å². The van der Waals surface area contributed by atoms with Crippen molar-refractivity contribution in [1.82, 2.24) is 9.80 Å². The number of carbonyl (C=O) groups is 2. The zero-order valence-corrected chi connectivity index (χ0v) is 15.5. The lowest BCUT2D eigenvalue weighted by molar-refractivity contribution is -0.112. The number of para-hydroxylation sites is 1. The fourth-order valence-corrected chi connectivity index (χ4v) is 3.68. The van der Waals surface area contributed by atoms with Crippen LogP contribution in [0.5, 0.6) is 0 Å². The second-order valence-electron chi connectivity index (χ2n) is 6.84. The van der Waals surface area contributed by atoms with Crippen molar-refractivity contribution < 1.29 is 9.59 Å². The molecule has 5 heteroatoms. The maximum Gasteiger partial charge on any atom is 0.267 e. The van der Waals surface area contributed by atoms with E-state index in [1.165, 1.54) is 4.90 Å². The van der Waals surface area contributed by atoms with Crippen LogP contribution in [-0.2, 0) is 4.79 Å². The number of hydrogen-bond donors (Lipinski definition) is 0. The number of hydrogen-bond acceptors (Lipinski definition) is 4. The van der Waals surface area contributed by atoms with Crippen molar-refractivity contribution in [2.75, 3.05) is 37.6 Å². The van der Waals surface area contributed by atoms with Crippen LogP contribution in [0.3, 0.4) is 0 Å². The summed E-state index contributed by atoms with van der Waals surface area (Å²) < 4.78 is 0. The predicted molar refractivity (Wildman–Crippen MR) is 106 cm³/mol. The molecule has 2 aromatic rings. The van der Waals surface area contributed by atoms with Crippen LogP contribution in [0.4, 0.5) is 5.69 Å². The van der Waals surface area contributed by atoms with Crippen molar-refractivity contribution in [2.24, 2.45) is 0 Å². The molecule has 2 aliphatic rings. The highest BCUT2D eigenvalue weighted by atomic mass is 16.2. The highest BCUT2D eigenvalue weighted by molar-refractivity contribution is 6.40. The Hall–Kier alpha value is -2.92. The lowest BCUT2D eigenvalue weighted by atomic mass is 9.93. The maximum atomic E-state index is 13.3. The van der Waals surface area contributed by atoms with Gasteiger partial charge in [0.15, 0.2) is 0 Å². The summed E-state index contributed by atoms with van der Waals surface area (Å²) in [4.78, 5) is 32.2. The van der Waals surface area contributed by atoms with E-state index in [9.17, 15) is 9.59 Å². The van der Waals surface area contributed by atoms with Crippen LogP contribution in [-0.4, -0.2) is 54.3 Å². The Bertz CT molecular complexity index is 883. The van der Waals surface area contributed by atoms with Gasteiger partial charge in [0.05, 0.1) is 11.3 Å². The number of rotatable bonds is 3. The summed E-state index contributed by atoms with van der Waals surface area (Å²) in [5.41, 5.74) is 2.47. The van der Waals surface area contributed by atoms with E-state index in [0.29, 0.717) is 16.8 Å². The number of anilines is 1. The smallest absolute Gasteiger partial charge is 0.267 e. The number of benzene rings is 2. The van der Waals surface area contributed by atoms with Gasteiger partial charge in [0.25, 0.3) is 11.8 Å². The molecule has 1 saturated heterocycles. The topological polar surface area (TPSA) is 43.9 Å². The Kier molecular flexibility index (Phi) is 4.77. The van der Waals surface area contributed by atoms with Crippen molar-refractivity contribution in [3.63, 3.8) is 0 Å². The molecule has 2 heterocycles. The van der Waals surface area contributed by atoms with Gasteiger partial charge in [-0.3, -0.25) is 9.59 Å². The van der Waals surface area contributed by atoms with Gasteiger partial charge in [-0.05, 0) is 24.7 Å².